The van der Waals surface area contributed by atoms with Gasteiger partial charge in [-0.15, -0.1) is 0 Å². The van der Waals surface area contributed by atoms with Crippen LogP contribution < -0.4 is 10.9 Å². The molecule has 8 heteroatoms. The number of hydrogen-bond acceptors (Lipinski definition) is 4. The number of fused-ring (bicyclic) bond motifs is 1. The largest absolute Gasteiger partial charge is 0.282 e. The maximum absolute atomic E-state index is 12.3. The van der Waals surface area contributed by atoms with Gasteiger partial charge >= 0.3 is 0 Å². The van der Waals surface area contributed by atoms with Crippen molar-refractivity contribution in [2.45, 2.75) is 32.1 Å². The minimum atomic E-state index is -0.539. The Morgan fingerprint density at radius 2 is 1.65 bits per heavy atom. The van der Waals surface area contributed by atoms with Gasteiger partial charge in [0.1, 0.15) is 0 Å². The van der Waals surface area contributed by atoms with Crippen molar-refractivity contribution in [2.24, 2.45) is 11.8 Å². The molecule has 0 radical (unpaired) electrons. The lowest BCUT2D eigenvalue weighted by Gasteiger charge is -2.19. The van der Waals surface area contributed by atoms with Gasteiger partial charge in [0.15, 0.2) is 0 Å². The summed E-state index contributed by atoms with van der Waals surface area (Å²) in [7, 11) is 0. The summed E-state index contributed by atoms with van der Waals surface area (Å²) in [5.41, 5.74) is 4.79. The molecule has 1 aromatic carbocycles. The van der Waals surface area contributed by atoms with E-state index in [1.54, 1.807) is 18.2 Å². The summed E-state index contributed by atoms with van der Waals surface area (Å²) in [6, 6.07) is 6.46. The van der Waals surface area contributed by atoms with Gasteiger partial charge in [-0.3, -0.25) is 34.9 Å². The van der Waals surface area contributed by atoms with E-state index in [4.69, 9.17) is 11.6 Å². The Bertz CT molecular complexity index is 728. The second-order valence-electron chi connectivity index (χ2n) is 6.56. The van der Waals surface area contributed by atoms with Crippen LogP contribution in [0.15, 0.2) is 24.3 Å². The first-order valence-electron chi connectivity index (χ1n) is 8.68. The van der Waals surface area contributed by atoms with Crippen molar-refractivity contribution in [1.82, 2.24) is 15.8 Å². The SMILES string of the molecule is O=C(CCN1C(=O)[C@H]2CCCC[C@H]2C1=O)NNC(=O)c1ccccc1Cl. The predicted octanol–water partition coefficient (Wildman–Crippen LogP) is 1.67. The highest BCUT2D eigenvalue weighted by molar-refractivity contribution is 6.33. The number of likely N-dealkylation sites (tertiary alicyclic amines) is 1. The predicted molar refractivity (Wildman–Crippen MR) is 93.8 cm³/mol. The Labute approximate surface area is 156 Å². The molecular weight excluding hydrogens is 358 g/mol. The molecule has 0 unspecified atom stereocenters. The number of hydrazine groups is 1. The van der Waals surface area contributed by atoms with E-state index in [0.717, 1.165) is 25.7 Å². The molecule has 1 heterocycles. The lowest BCUT2D eigenvalue weighted by Crippen LogP contribution is -2.43. The van der Waals surface area contributed by atoms with Gasteiger partial charge in [0, 0.05) is 13.0 Å². The van der Waals surface area contributed by atoms with Crippen LogP contribution >= 0.6 is 11.6 Å². The molecule has 2 atom stereocenters. The van der Waals surface area contributed by atoms with Crippen molar-refractivity contribution in [1.29, 1.82) is 0 Å². The third-order valence-electron chi connectivity index (χ3n) is 4.93. The highest BCUT2D eigenvalue weighted by Crippen LogP contribution is 2.37. The number of nitrogens with zero attached hydrogens (tertiary/aromatic N) is 1. The normalized spacial score (nSPS) is 22.1. The Morgan fingerprint density at radius 1 is 1.04 bits per heavy atom. The van der Waals surface area contributed by atoms with Crippen molar-refractivity contribution < 1.29 is 19.2 Å². The smallest absolute Gasteiger partial charge is 0.271 e. The van der Waals surface area contributed by atoms with Crippen molar-refractivity contribution in [3.63, 3.8) is 0 Å². The van der Waals surface area contributed by atoms with Crippen molar-refractivity contribution >= 4 is 35.2 Å². The van der Waals surface area contributed by atoms with Crippen LogP contribution in [-0.2, 0) is 14.4 Å². The molecular formula is C18H20ClN3O4. The Balaban J connectivity index is 1.48. The number of hydrogen-bond donors (Lipinski definition) is 2. The number of halogens is 1. The number of nitrogens with one attached hydrogen (secondary N) is 2. The third-order valence-corrected chi connectivity index (χ3v) is 5.26. The molecule has 7 nitrogen and oxygen atoms in total. The second-order valence-corrected chi connectivity index (χ2v) is 6.96. The first-order valence-corrected chi connectivity index (χ1v) is 9.05. The van der Waals surface area contributed by atoms with Crippen LogP contribution in [0.4, 0.5) is 0 Å². The summed E-state index contributed by atoms with van der Waals surface area (Å²) >= 11 is 5.92. The van der Waals surface area contributed by atoms with Gasteiger partial charge < -0.3 is 0 Å². The summed E-state index contributed by atoms with van der Waals surface area (Å²) in [6.07, 6.45) is 3.34. The first-order chi connectivity index (χ1) is 12.5. The van der Waals surface area contributed by atoms with Crippen LogP contribution in [0.1, 0.15) is 42.5 Å². The van der Waals surface area contributed by atoms with Gasteiger partial charge in [-0.2, -0.15) is 0 Å². The molecule has 1 saturated carbocycles. The molecule has 0 aromatic heterocycles. The van der Waals surface area contributed by atoms with Gasteiger partial charge in [0.05, 0.1) is 22.4 Å². The number of carbonyl (C=O) groups excluding carboxylic acids is 4. The zero-order chi connectivity index (χ0) is 18.7. The molecule has 1 aromatic rings. The molecule has 0 spiro atoms. The molecule has 3 rings (SSSR count). The summed E-state index contributed by atoms with van der Waals surface area (Å²) in [5.74, 6) is -1.82. The highest BCUT2D eigenvalue weighted by Gasteiger charge is 2.47. The molecule has 1 saturated heterocycles. The number of rotatable bonds is 4. The van der Waals surface area contributed by atoms with Crippen LogP contribution in [0.25, 0.3) is 0 Å². The molecule has 138 valence electrons. The standard InChI is InChI=1S/C18H20ClN3O4/c19-14-8-4-3-7-13(14)16(24)21-20-15(23)9-10-22-17(25)11-5-1-2-6-12(11)18(22)26/h3-4,7-8,11-12H,1-2,5-6,9-10H2,(H,20,23)(H,21,24)/t11-,12+. The van der Waals surface area contributed by atoms with Gasteiger partial charge in [0.25, 0.3) is 5.91 Å². The zero-order valence-electron chi connectivity index (χ0n) is 14.2. The second kappa shape index (κ2) is 7.86. The van der Waals surface area contributed by atoms with Crippen molar-refractivity contribution in [3.8, 4) is 0 Å². The maximum atomic E-state index is 12.3. The number of carbonyl (C=O) groups is 4. The topological polar surface area (TPSA) is 95.6 Å². The van der Waals surface area contributed by atoms with Crippen molar-refractivity contribution in [3.05, 3.63) is 34.9 Å². The van der Waals surface area contributed by atoms with Crippen LogP contribution in [0, 0.1) is 11.8 Å². The van der Waals surface area contributed by atoms with Crippen LogP contribution in [0.3, 0.4) is 0 Å². The molecule has 26 heavy (non-hydrogen) atoms. The molecule has 2 N–H and O–H groups in total. The van der Waals surface area contributed by atoms with Crippen molar-refractivity contribution in [2.75, 3.05) is 6.54 Å². The monoisotopic (exact) mass is 377 g/mol. The Morgan fingerprint density at radius 3 is 2.27 bits per heavy atom. The Hall–Kier alpha value is -2.41. The van der Waals surface area contributed by atoms with E-state index in [-0.39, 0.29) is 47.2 Å². The molecule has 1 aliphatic carbocycles. The van der Waals surface area contributed by atoms with E-state index in [1.807, 2.05) is 0 Å². The molecule has 1 aliphatic heterocycles. The minimum absolute atomic E-state index is 0.0263. The average molecular weight is 378 g/mol. The zero-order valence-corrected chi connectivity index (χ0v) is 14.9. The Kier molecular flexibility index (Phi) is 5.56. The van der Waals surface area contributed by atoms with Crippen LogP contribution in [0.5, 0.6) is 0 Å². The fourth-order valence-electron chi connectivity index (χ4n) is 3.57. The fraction of sp³-hybridized carbons (Fsp3) is 0.444. The first kappa shape index (κ1) is 18.4. The van der Waals surface area contributed by atoms with Gasteiger partial charge in [0.2, 0.25) is 17.7 Å². The van der Waals surface area contributed by atoms with E-state index < -0.39 is 11.8 Å². The minimum Gasteiger partial charge on any atom is -0.282 e. The van der Waals surface area contributed by atoms with Crippen LogP contribution in [-0.4, -0.2) is 35.1 Å². The van der Waals surface area contributed by atoms with Crippen LogP contribution in [0.2, 0.25) is 5.02 Å². The molecule has 0 bridgehead atoms. The lowest BCUT2D eigenvalue weighted by molar-refractivity contribution is -0.140. The average Bonchev–Trinajstić information content (AvgIpc) is 2.89. The van der Waals surface area contributed by atoms with E-state index in [2.05, 4.69) is 10.9 Å². The number of benzene rings is 1. The van der Waals surface area contributed by atoms with E-state index in [1.165, 1.54) is 11.0 Å². The summed E-state index contributed by atoms with van der Waals surface area (Å²) < 4.78 is 0. The van der Waals surface area contributed by atoms with E-state index >= 15 is 0 Å². The van der Waals surface area contributed by atoms with Gasteiger partial charge in [-0.25, -0.2) is 0 Å². The summed E-state index contributed by atoms with van der Waals surface area (Å²) in [4.78, 5) is 49.8. The lowest BCUT2D eigenvalue weighted by atomic mass is 9.81. The summed E-state index contributed by atoms with van der Waals surface area (Å²) in [5, 5.41) is 0.273. The number of amides is 4. The van der Waals surface area contributed by atoms with E-state index in [9.17, 15) is 19.2 Å². The van der Waals surface area contributed by atoms with E-state index in [0.29, 0.717) is 0 Å². The fourth-order valence-corrected chi connectivity index (χ4v) is 3.79. The highest BCUT2D eigenvalue weighted by atomic mass is 35.5. The third kappa shape index (κ3) is 3.72. The maximum Gasteiger partial charge on any atom is 0.271 e. The molecule has 4 amide bonds. The molecule has 2 fully saturated rings. The van der Waals surface area contributed by atoms with Gasteiger partial charge in [-0.05, 0) is 25.0 Å². The van der Waals surface area contributed by atoms with Gasteiger partial charge in [-0.1, -0.05) is 36.6 Å². The quantitative estimate of drug-likeness (QED) is 0.616. The number of imide groups is 1. The molecule has 2 aliphatic rings. The summed E-state index contributed by atoms with van der Waals surface area (Å²) in [6.45, 7) is 0.0263.